The lowest BCUT2D eigenvalue weighted by Gasteiger charge is -2.08. The lowest BCUT2D eigenvalue weighted by molar-refractivity contribution is 0.512. The first kappa shape index (κ1) is 15.4. The van der Waals surface area contributed by atoms with E-state index in [2.05, 4.69) is 42.7 Å². The topological polar surface area (TPSA) is 24.1 Å². The van der Waals surface area contributed by atoms with Gasteiger partial charge in [0.25, 0.3) is 0 Å². The van der Waals surface area contributed by atoms with Crippen LogP contribution in [0.15, 0.2) is 18.2 Å². The van der Waals surface area contributed by atoms with Crippen molar-refractivity contribution in [3.8, 4) is 0 Å². The predicted octanol–water partition coefficient (Wildman–Crippen LogP) is 4.35. The largest absolute Gasteiger partial charge is 0.384 e. The first-order valence-electron chi connectivity index (χ1n) is 8.32. The average molecular weight is 274 g/mol. The SMILES string of the molecule is CC(C)CCCCCCNCc1ccc2c(c1)NCC2. The summed E-state index contributed by atoms with van der Waals surface area (Å²) in [4.78, 5) is 0. The summed E-state index contributed by atoms with van der Waals surface area (Å²) in [5, 5.41) is 7.01. The zero-order valence-electron chi connectivity index (χ0n) is 13.2. The Balaban J connectivity index is 1.53. The van der Waals surface area contributed by atoms with Crippen LogP contribution in [0.3, 0.4) is 0 Å². The summed E-state index contributed by atoms with van der Waals surface area (Å²) >= 11 is 0. The Morgan fingerprint density at radius 3 is 2.85 bits per heavy atom. The van der Waals surface area contributed by atoms with Gasteiger partial charge >= 0.3 is 0 Å². The molecule has 0 saturated carbocycles. The van der Waals surface area contributed by atoms with Crippen molar-refractivity contribution in [1.82, 2.24) is 5.32 Å². The third-order valence-electron chi connectivity index (χ3n) is 4.10. The maximum absolute atomic E-state index is 3.56. The molecule has 0 unspecified atom stereocenters. The maximum atomic E-state index is 3.56. The van der Waals surface area contributed by atoms with Gasteiger partial charge in [0.15, 0.2) is 0 Å². The molecule has 112 valence electrons. The maximum Gasteiger partial charge on any atom is 0.0376 e. The average Bonchev–Trinajstić information content (AvgIpc) is 2.89. The van der Waals surface area contributed by atoms with E-state index in [9.17, 15) is 0 Å². The van der Waals surface area contributed by atoms with E-state index in [1.165, 1.54) is 55.3 Å². The van der Waals surface area contributed by atoms with Crippen molar-refractivity contribution in [2.24, 2.45) is 5.92 Å². The van der Waals surface area contributed by atoms with Crippen molar-refractivity contribution in [2.45, 2.75) is 58.9 Å². The number of benzene rings is 1. The quantitative estimate of drug-likeness (QED) is 0.654. The third kappa shape index (κ3) is 5.16. The third-order valence-corrected chi connectivity index (χ3v) is 4.10. The molecule has 1 aliphatic heterocycles. The van der Waals surface area contributed by atoms with Gasteiger partial charge < -0.3 is 10.6 Å². The normalized spacial score (nSPS) is 13.6. The molecular weight excluding hydrogens is 244 g/mol. The van der Waals surface area contributed by atoms with Gasteiger partial charge in [0, 0.05) is 18.8 Å². The lowest BCUT2D eigenvalue weighted by atomic mass is 10.0. The molecule has 0 atom stereocenters. The highest BCUT2D eigenvalue weighted by molar-refractivity contribution is 5.56. The molecule has 1 aromatic carbocycles. The van der Waals surface area contributed by atoms with Crippen molar-refractivity contribution >= 4 is 5.69 Å². The lowest BCUT2D eigenvalue weighted by Crippen LogP contribution is -2.14. The molecule has 0 bridgehead atoms. The minimum absolute atomic E-state index is 0.863. The Morgan fingerprint density at radius 1 is 1.15 bits per heavy atom. The molecule has 0 aliphatic carbocycles. The first-order chi connectivity index (χ1) is 9.75. The molecule has 2 nitrogen and oxygen atoms in total. The highest BCUT2D eigenvalue weighted by Gasteiger charge is 2.09. The molecule has 0 radical (unpaired) electrons. The molecule has 2 rings (SSSR count). The Labute approximate surface area is 124 Å². The van der Waals surface area contributed by atoms with Crippen LogP contribution in [0.2, 0.25) is 0 Å². The zero-order valence-corrected chi connectivity index (χ0v) is 13.2. The van der Waals surface area contributed by atoms with Crippen LogP contribution in [0.5, 0.6) is 0 Å². The van der Waals surface area contributed by atoms with Gasteiger partial charge in [-0.3, -0.25) is 0 Å². The molecule has 0 aromatic heterocycles. The molecule has 0 spiro atoms. The fourth-order valence-corrected chi connectivity index (χ4v) is 2.84. The second-order valence-corrected chi connectivity index (χ2v) is 6.44. The Morgan fingerprint density at radius 2 is 2.00 bits per heavy atom. The number of anilines is 1. The predicted molar refractivity (Wildman–Crippen MR) is 88.3 cm³/mol. The summed E-state index contributed by atoms with van der Waals surface area (Å²) in [5.74, 6) is 0.863. The number of hydrogen-bond acceptors (Lipinski definition) is 2. The van der Waals surface area contributed by atoms with Crippen LogP contribution in [0.4, 0.5) is 5.69 Å². The van der Waals surface area contributed by atoms with Crippen molar-refractivity contribution in [3.05, 3.63) is 29.3 Å². The second-order valence-electron chi connectivity index (χ2n) is 6.44. The molecule has 0 amide bonds. The number of rotatable bonds is 9. The van der Waals surface area contributed by atoms with Crippen molar-refractivity contribution in [2.75, 3.05) is 18.4 Å². The van der Waals surface area contributed by atoms with E-state index in [0.29, 0.717) is 0 Å². The van der Waals surface area contributed by atoms with Gasteiger partial charge in [0.1, 0.15) is 0 Å². The summed E-state index contributed by atoms with van der Waals surface area (Å²) in [6.07, 6.45) is 8.03. The Kier molecular flexibility index (Phi) is 6.38. The van der Waals surface area contributed by atoms with Crippen LogP contribution in [0, 0.1) is 5.92 Å². The molecule has 1 aliphatic rings. The van der Waals surface area contributed by atoms with E-state index in [1.54, 1.807) is 0 Å². The van der Waals surface area contributed by atoms with Gasteiger partial charge in [0.05, 0.1) is 0 Å². The van der Waals surface area contributed by atoms with Crippen molar-refractivity contribution in [1.29, 1.82) is 0 Å². The molecule has 2 N–H and O–H groups in total. The van der Waals surface area contributed by atoms with Gasteiger partial charge in [-0.05, 0) is 42.5 Å². The highest BCUT2D eigenvalue weighted by Crippen LogP contribution is 2.23. The number of fused-ring (bicyclic) bond motifs is 1. The summed E-state index contributed by atoms with van der Waals surface area (Å²) < 4.78 is 0. The highest BCUT2D eigenvalue weighted by atomic mass is 14.9. The van der Waals surface area contributed by atoms with Gasteiger partial charge in [0.2, 0.25) is 0 Å². The number of unbranched alkanes of at least 4 members (excludes halogenated alkanes) is 3. The molecule has 2 heteroatoms. The fraction of sp³-hybridized carbons (Fsp3) is 0.667. The van der Waals surface area contributed by atoms with Crippen molar-refractivity contribution < 1.29 is 0 Å². The van der Waals surface area contributed by atoms with Crippen LogP contribution in [0.25, 0.3) is 0 Å². The second kappa shape index (κ2) is 8.31. The molecular formula is C18H30N2. The molecule has 1 heterocycles. The van der Waals surface area contributed by atoms with Gasteiger partial charge in [-0.25, -0.2) is 0 Å². The minimum Gasteiger partial charge on any atom is -0.384 e. The monoisotopic (exact) mass is 274 g/mol. The van der Waals surface area contributed by atoms with E-state index in [0.717, 1.165) is 25.6 Å². The summed E-state index contributed by atoms with van der Waals surface area (Å²) in [6.45, 7) is 7.87. The smallest absolute Gasteiger partial charge is 0.0376 e. The number of nitrogens with one attached hydrogen (secondary N) is 2. The van der Waals surface area contributed by atoms with Gasteiger partial charge in [-0.15, -0.1) is 0 Å². The molecule has 0 saturated heterocycles. The standard InChI is InChI=1S/C18H30N2/c1-15(2)7-5-3-4-6-11-19-14-16-8-9-17-10-12-20-18(17)13-16/h8-9,13,15,19-20H,3-7,10-12,14H2,1-2H3. The molecule has 1 aromatic rings. The summed E-state index contributed by atoms with van der Waals surface area (Å²) in [6, 6.07) is 6.84. The van der Waals surface area contributed by atoms with E-state index in [-0.39, 0.29) is 0 Å². The minimum atomic E-state index is 0.863. The van der Waals surface area contributed by atoms with Crippen LogP contribution in [-0.2, 0) is 13.0 Å². The zero-order chi connectivity index (χ0) is 14.2. The van der Waals surface area contributed by atoms with Crippen LogP contribution >= 0.6 is 0 Å². The summed E-state index contributed by atoms with van der Waals surface area (Å²) in [7, 11) is 0. The van der Waals surface area contributed by atoms with Gasteiger partial charge in [-0.2, -0.15) is 0 Å². The molecule has 0 fully saturated rings. The van der Waals surface area contributed by atoms with Crippen molar-refractivity contribution in [3.63, 3.8) is 0 Å². The Hall–Kier alpha value is -1.02. The van der Waals surface area contributed by atoms with E-state index < -0.39 is 0 Å². The van der Waals surface area contributed by atoms with E-state index in [4.69, 9.17) is 0 Å². The fourth-order valence-electron chi connectivity index (χ4n) is 2.84. The van der Waals surface area contributed by atoms with E-state index in [1.807, 2.05) is 0 Å². The molecule has 20 heavy (non-hydrogen) atoms. The summed E-state index contributed by atoms with van der Waals surface area (Å²) in [5.41, 5.74) is 4.22. The first-order valence-corrected chi connectivity index (χ1v) is 8.32. The van der Waals surface area contributed by atoms with Crippen LogP contribution < -0.4 is 10.6 Å². The number of hydrogen-bond donors (Lipinski definition) is 2. The van der Waals surface area contributed by atoms with Gasteiger partial charge in [-0.1, -0.05) is 51.7 Å². The van der Waals surface area contributed by atoms with Crippen LogP contribution in [0.1, 0.15) is 57.1 Å². The van der Waals surface area contributed by atoms with Crippen LogP contribution in [-0.4, -0.2) is 13.1 Å². The van der Waals surface area contributed by atoms with E-state index >= 15 is 0 Å². The Bertz CT molecular complexity index is 398.